The molecular formula is C136H92N8. The van der Waals surface area contributed by atoms with E-state index in [9.17, 15) is 0 Å². The second-order valence-electron chi connectivity index (χ2n) is 38.4. The van der Waals surface area contributed by atoms with Gasteiger partial charge in [-0.25, -0.2) is 24.9 Å². The molecule has 8 heteroatoms. The Balaban J connectivity index is 0.000000108. The first-order valence-electron chi connectivity index (χ1n) is 49.5. The molecule has 0 bridgehead atoms. The molecule has 0 aliphatic heterocycles. The standard InChI is InChI=1S/C49H33N.C45H29N3.C42H30N4/c1-5-17-34(18-6-1)36-29-37(35-19-7-2-8-20-35)31-40(30-36)50-47-28-16-14-26-42(47)44-32-46-43(33-48(44)50)41-25-13-15-27-45(41)49(46,38-21-9-3-10-22-38)39-23-11-4-12-24-39;1-4-16-30(17-5-1)43-35-24-11-14-26-40(35)46-44(47-43)48-41-27-15-12-23-34(41)37-28-36-33-22-10-13-25-38(33)45(39(36)29-42(37)48,31-18-6-2-7-19-31)32-20-8-3-9-21-32;1-42(2)35-22-11-9-20-31(35)33-26-38-34(25-36(33)42)32-21-10-12-23-37(32)46(38)30-19-13-18-29(24-30)41-44-39(27-14-5-3-6-15-27)43-40(45-41)28-16-7-4-8-17-28/h1-33H;1-29H;3-26H,1-2H3. The van der Waals surface area contributed by atoms with Crippen molar-refractivity contribution < 1.29 is 0 Å². The first-order valence-corrected chi connectivity index (χ1v) is 49.5. The van der Waals surface area contributed by atoms with Crippen molar-refractivity contribution in [3.8, 4) is 118 Å². The van der Waals surface area contributed by atoms with Crippen molar-refractivity contribution >= 4 is 76.3 Å². The van der Waals surface area contributed by atoms with Crippen LogP contribution in [-0.2, 0) is 16.2 Å². The fourth-order valence-electron chi connectivity index (χ4n) is 23.8. The predicted octanol–water partition coefficient (Wildman–Crippen LogP) is 33.5. The lowest BCUT2D eigenvalue weighted by molar-refractivity contribution is 0.661. The van der Waals surface area contributed by atoms with Gasteiger partial charge in [-0.05, 0) is 202 Å². The Morgan fingerprint density at radius 2 is 0.500 bits per heavy atom. The lowest BCUT2D eigenvalue weighted by Gasteiger charge is -2.34. The van der Waals surface area contributed by atoms with Gasteiger partial charge in [-0.1, -0.05) is 445 Å². The second-order valence-corrected chi connectivity index (χ2v) is 38.4. The molecule has 144 heavy (non-hydrogen) atoms. The first kappa shape index (κ1) is 84.6. The van der Waals surface area contributed by atoms with Gasteiger partial charge < -0.3 is 9.13 Å². The highest BCUT2D eigenvalue weighted by Crippen LogP contribution is 2.61. The molecular weight excluding hydrogens is 1750 g/mol. The molecule has 29 rings (SSSR count). The van der Waals surface area contributed by atoms with Crippen LogP contribution in [0.25, 0.3) is 195 Å². The molecule has 3 aliphatic carbocycles. The highest BCUT2D eigenvalue weighted by Gasteiger charge is 2.49. The molecule has 3 aliphatic rings. The lowest BCUT2D eigenvalue weighted by atomic mass is 9.67. The van der Waals surface area contributed by atoms with E-state index in [1.165, 1.54) is 166 Å². The highest BCUT2D eigenvalue weighted by molar-refractivity contribution is 6.15. The van der Waals surface area contributed by atoms with E-state index < -0.39 is 10.8 Å². The fraction of sp³-hybridized carbons (Fsp3) is 0.0368. The number of benzene rings is 21. The maximum absolute atomic E-state index is 5.35. The summed E-state index contributed by atoms with van der Waals surface area (Å²) >= 11 is 0. The normalized spacial score (nSPS) is 13.1. The topological polar surface area (TPSA) is 79.2 Å². The van der Waals surface area contributed by atoms with Gasteiger partial charge in [0.2, 0.25) is 5.95 Å². The summed E-state index contributed by atoms with van der Waals surface area (Å²) < 4.78 is 7.14. The number of aromatic nitrogens is 8. The van der Waals surface area contributed by atoms with Gasteiger partial charge in [-0.2, -0.15) is 0 Å². The van der Waals surface area contributed by atoms with Crippen LogP contribution in [0.15, 0.2) is 522 Å². The summed E-state index contributed by atoms with van der Waals surface area (Å²) in [5.41, 5.74) is 39.5. The van der Waals surface area contributed by atoms with E-state index in [0.717, 1.165) is 61.3 Å². The minimum atomic E-state index is -0.497. The van der Waals surface area contributed by atoms with Gasteiger partial charge in [-0.15, -0.1) is 0 Å². The molecule has 0 fully saturated rings. The monoisotopic (exact) mass is 1840 g/mol. The van der Waals surface area contributed by atoms with Crippen molar-refractivity contribution in [2.75, 3.05) is 0 Å². The van der Waals surface area contributed by atoms with E-state index in [4.69, 9.17) is 24.9 Å². The Morgan fingerprint density at radius 1 is 0.174 bits per heavy atom. The van der Waals surface area contributed by atoms with Gasteiger partial charge in [0, 0.05) is 76.7 Å². The quantitative estimate of drug-likeness (QED) is 0.115. The average molecular weight is 1840 g/mol. The van der Waals surface area contributed by atoms with Gasteiger partial charge in [0.25, 0.3) is 0 Å². The highest BCUT2D eigenvalue weighted by atomic mass is 15.2. The zero-order chi connectivity index (χ0) is 95.6. The van der Waals surface area contributed by atoms with Gasteiger partial charge >= 0.3 is 0 Å². The second kappa shape index (κ2) is 34.5. The van der Waals surface area contributed by atoms with Gasteiger partial charge in [-0.3, -0.25) is 4.57 Å². The van der Waals surface area contributed by atoms with Crippen LogP contribution in [0.3, 0.4) is 0 Å². The van der Waals surface area contributed by atoms with E-state index in [1.807, 2.05) is 66.7 Å². The molecule has 0 amide bonds. The third kappa shape index (κ3) is 13.6. The van der Waals surface area contributed by atoms with Crippen LogP contribution in [0.5, 0.6) is 0 Å². The summed E-state index contributed by atoms with van der Waals surface area (Å²) in [5.74, 6) is 2.62. The maximum atomic E-state index is 5.35. The van der Waals surface area contributed by atoms with E-state index in [1.54, 1.807) is 0 Å². The molecule has 0 unspecified atom stereocenters. The SMILES string of the molecule is CC1(C)c2ccccc2-c2cc3c(cc21)c1ccccc1n3-c1cccc(-c2nc(-c3ccccc3)nc(-c3ccccc3)n2)c1.c1ccc(-c2cc(-c3ccccc3)cc(-n3c4ccccc4c4cc5c(cc43)-c3ccccc3C5(c3ccccc3)c3ccccc3)c2)cc1.c1ccc(-c2nc(-n3c4ccccc4c4cc5c(cc43)C(c3ccccc3)(c3ccccc3)c3ccccc3-5)nc3ccccc23)cc1. The van der Waals surface area contributed by atoms with Crippen molar-refractivity contribution in [3.63, 3.8) is 0 Å². The Hall–Kier alpha value is -18.6. The Kier molecular flexibility index (Phi) is 20.3. The molecule has 0 spiro atoms. The van der Waals surface area contributed by atoms with Crippen molar-refractivity contribution in [3.05, 3.63) is 577 Å². The summed E-state index contributed by atoms with van der Waals surface area (Å²) in [4.78, 5) is 25.5. The molecule has 8 nitrogen and oxygen atoms in total. The molecule has 676 valence electrons. The maximum Gasteiger partial charge on any atom is 0.235 e. The molecule has 0 N–H and O–H groups in total. The number of hydrogen-bond acceptors (Lipinski definition) is 5. The van der Waals surface area contributed by atoms with Gasteiger partial charge in [0.1, 0.15) is 0 Å². The third-order valence-corrected chi connectivity index (χ3v) is 30.2. The van der Waals surface area contributed by atoms with Crippen LogP contribution in [0.2, 0.25) is 0 Å². The van der Waals surface area contributed by atoms with Crippen molar-refractivity contribution in [2.45, 2.75) is 30.1 Å². The predicted molar refractivity (Wildman–Crippen MR) is 594 cm³/mol. The zero-order valence-electron chi connectivity index (χ0n) is 79.2. The van der Waals surface area contributed by atoms with E-state index >= 15 is 0 Å². The van der Waals surface area contributed by atoms with E-state index in [-0.39, 0.29) is 5.41 Å². The lowest BCUT2D eigenvalue weighted by Crippen LogP contribution is -2.28. The first-order chi connectivity index (χ1) is 71.2. The molecule has 0 saturated heterocycles. The summed E-state index contributed by atoms with van der Waals surface area (Å²) in [7, 11) is 0. The molecule has 0 saturated carbocycles. The largest absolute Gasteiger partial charge is 0.309 e. The average Bonchev–Trinajstić information content (AvgIpc) is 1.53. The summed E-state index contributed by atoms with van der Waals surface area (Å²) in [6.07, 6.45) is 0. The van der Waals surface area contributed by atoms with Gasteiger partial charge in [0.15, 0.2) is 17.5 Å². The molecule has 0 atom stereocenters. The van der Waals surface area contributed by atoms with Crippen LogP contribution in [0.1, 0.15) is 69.5 Å². The molecule has 0 radical (unpaired) electrons. The Bertz CT molecular complexity index is 9320. The third-order valence-electron chi connectivity index (χ3n) is 30.2. The Morgan fingerprint density at radius 3 is 0.979 bits per heavy atom. The smallest absolute Gasteiger partial charge is 0.235 e. The number of para-hydroxylation sites is 4. The summed E-state index contributed by atoms with van der Waals surface area (Å²) in [6.45, 7) is 4.68. The molecule has 21 aromatic carbocycles. The number of nitrogens with zero attached hydrogens (tertiary/aromatic N) is 8. The molecule has 5 aromatic heterocycles. The Labute approximate surface area is 834 Å². The van der Waals surface area contributed by atoms with Crippen LogP contribution in [0, 0.1) is 0 Å². The summed E-state index contributed by atoms with van der Waals surface area (Å²) in [5, 5.41) is 8.43. The van der Waals surface area contributed by atoms with Gasteiger partial charge in [0.05, 0.1) is 55.1 Å². The number of hydrogen-bond donors (Lipinski definition) is 0. The van der Waals surface area contributed by atoms with Crippen molar-refractivity contribution in [1.29, 1.82) is 0 Å². The van der Waals surface area contributed by atoms with Crippen LogP contribution in [0.4, 0.5) is 0 Å². The fourth-order valence-corrected chi connectivity index (χ4v) is 23.8. The zero-order valence-corrected chi connectivity index (χ0v) is 79.2. The minimum Gasteiger partial charge on any atom is -0.309 e. The van der Waals surface area contributed by atoms with Crippen LogP contribution >= 0.6 is 0 Å². The molecule has 5 heterocycles. The van der Waals surface area contributed by atoms with Crippen molar-refractivity contribution in [2.24, 2.45) is 0 Å². The van der Waals surface area contributed by atoms with Crippen LogP contribution < -0.4 is 0 Å². The number of fused-ring (bicyclic) bond motifs is 19. The molecule has 26 aromatic rings. The summed E-state index contributed by atoms with van der Waals surface area (Å²) in [6, 6.07) is 188. The van der Waals surface area contributed by atoms with E-state index in [2.05, 4.69) is 483 Å². The van der Waals surface area contributed by atoms with Crippen LogP contribution in [-0.4, -0.2) is 38.6 Å². The number of rotatable bonds is 13. The van der Waals surface area contributed by atoms with Crippen molar-refractivity contribution in [1.82, 2.24) is 38.6 Å². The minimum absolute atomic E-state index is 0.0607. The van der Waals surface area contributed by atoms with E-state index in [0.29, 0.717) is 23.4 Å².